The van der Waals surface area contributed by atoms with E-state index in [2.05, 4.69) is 16.9 Å². The summed E-state index contributed by atoms with van der Waals surface area (Å²) in [6.07, 6.45) is 10.1. The van der Waals surface area contributed by atoms with Crippen LogP contribution in [0.3, 0.4) is 0 Å². The average molecular weight is 206 g/mol. The Morgan fingerprint density at radius 3 is 2.47 bits per heavy atom. The van der Waals surface area contributed by atoms with Crippen molar-refractivity contribution in [1.82, 2.24) is 9.97 Å². The molecule has 1 N–H and O–H groups in total. The van der Waals surface area contributed by atoms with Crippen molar-refractivity contribution in [3.63, 3.8) is 0 Å². The van der Waals surface area contributed by atoms with Gasteiger partial charge in [-0.3, -0.25) is 0 Å². The van der Waals surface area contributed by atoms with E-state index >= 15 is 0 Å². The minimum Gasteiger partial charge on any atom is -0.385 e. The molecule has 0 radical (unpaired) electrons. The van der Waals surface area contributed by atoms with Gasteiger partial charge in [0.25, 0.3) is 0 Å². The van der Waals surface area contributed by atoms with Gasteiger partial charge in [-0.1, -0.05) is 13.3 Å². The van der Waals surface area contributed by atoms with Crippen molar-refractivity contribution in [2.75, 3.05) is 0 Å². The summed E-state index contributed by atoms with van der Waals surface area (Å²) >= 11 is 0. The molecule has 0 aromatic carbocycles. The molecule has 1 aromatic heterocycles. The predicted octanol–water partition coefficient (Wildman–Crippen LogP) is 2.26. The van der Waals surface area contributed by atoms with Crippen LogP contribution in [0.2, 0.25) is 0 Å². The molecule has 0 atom stereocenters. The second-order valence-corrected chi connectivity index (χ2v) is 4.51. The van der Waals surface area contributed by atoms with E-state index in [1.807, 2.05) is 0 Å². The topological polar surface area (TPSA) is 46.0 Å². The van der Waals surface area contributed by atoms with Crippen molar-refractivity contribution < 1.29 is 5.11 Å². The van der Waals surface area contributed by atoms with Crippen LogP contribution in [0.15, 0.2) is 18.7 Å². The molecule has 3 heteroatoms. The minimum absolute atomic E-state index is 0.674. The molecule has 82 valence electrons. The Balaban J connectivity index is 2.10. The Morgan fingerprint density at radius 2 is 1.93 bits per heavy atom. The summed E-state index contributed by atoms with van der Waals surface area (Å²) in [7, 11) is 0. The molecule has 15 heavy (non-hydrogen) atoms. The third-order valence-electron chi connectivity index (χ3n) is 3.61. The van der Waals surface area contributed by atoms with Gasteiger partial charge < -0.3 is 5.11 Å². The van der Waals surface area contributed by atoms with Gasteiger partial charge in [0.05, 0.1) is 5.60 Å². The van der Waals surface area contributed by atoms with E-state index in [1.54, 1.807) is 12.4 Å². The van der Waals surface area contributed by atoms with Gasteiger partial charge in [0, 0.05) is 18.0 Å². The number of hydrogen-bond acceptors (Lipinski definition) is 3. The maximum Gasteiger partial charge on any atom is 0.115 e. The Kier molecular flexibility index (Phi) is 3.00. The van der Waals surface area contributed by atoms with Crippen LogP contribution in [0.4, 0.5) is 0 Å². The molecule has 0 saturated heterocycles. The van der Waals surface area contributed by atoms with E-state index in [4.69, 9.17) is 0 Å². The zero-order valence-electron chi connectivity index (χ0n) is 9.19. The molecule has 0 aliphatic heterocycles. The predicted molar refractivity (Wildman–Crippen MR) is 58.2 cm³/mol. The second kappa shape index (κ2) is 4.27. The Labute approximate surface area is 90.6 Å². The molecule has 1 saturated carbocycles. The molecule has 1 fully saturated rings. The first-order chi connectivity index (χ1) is 7.24. The molecule has 0 spiro atoms. The van der Waals surface area contributed by atoms with Crippen LogP contribution in [-0.4, -0.2) is 15.1 Å². The first-order valence-corrected chi connectivity index (χ1v) is 5.72. The molecule has 1 aromatic rings. The molecule has 0 unspecified atom stereocenters. The maximum absolute atomic E-state index is 10.5. The summed E-state index contributed by atoms with van der Waals surface area (Å²) in [5.74, 6) is 0.787. The highest BCUT2D eigenvalue weighted by Gasteiger charge is 2.34. The zero-order chi connectivity index (χ0) is 10.7. The van der Waals surface area contributed by atoms with Crippen LogP contribution in [0, 0.1) is 5.92 Å². The van der Waals surface area contributed by atoms with Crippen LogP contribution in [0.1, 0.15) is 44.6 Å². The average Bonchev–Trinajstić information content (AvgIpc) is 2.31. The highest BCUT2D eigenvalue weighted by atomic mass is 16.3. The van der Waals surface area contributed by atoms with Crippen molar-refractivity contribution >= 4 is 0 Å². The smallest absolute Gasteiger partial charge is 0.115 e. The fourth-order valence-corrected chi connectivity index (χ4v) is 2.39. The van der Waals surface area contributed by atoms with Gasteiger partial charge in [-0.2, -0.15) is 0 Å². The number of nitrogens with zero attached hydrogens (tertiary/aromatic N) is 2. The highest BCUT2D eigenvalue weighted by molar-refractivity contribution is 5.15. The van der Waals surface area contributed by atoms with Crippen molar-refractivity contribution in [3.05, 3.63) is 24.3 Å². The SMILES string of the molecule is CCC1CCC(O)(c2cncnc2)CC1. The monoisotopic (exact) mass is 206 g/mol. The third kappa shape index (κ3) is 2.17. The Hall–Kier alpha value is -0.960. The fourth-order valence-electron chi connectivity index (χ4n) is 2.39. The van der Waals surface area contributed by atoms with Gasteiger partial charge in [0.1, 0.15) is 6.33 Å². The molecular formula is C12H18N2O. The Morgan fingerprint density at radius 1 is 1.33 bits per heavy atom. The molecule has 0 amide bonds. The standard InChI is InChI=1S/C12H18N2O/c1-2-10-3-5-12(15,6-4-10)11-7-13-9-14-8-11/h7-10,15H,2-6H2,1H3. The molecule has 0 bridgehead atoms. The van der Waals surface area contributed by atoms with Crippen LogP contribution in [0.25, 0.3) is 0 Å². The summed E-state index contributed by atoms with van der Waals surface area (Å²) in [5, 5.41) is 10.5. The van der Waals surface area contributed by atoms with E-state index in [0.717, 1.165) is 37.2 Å². The van der Waals surface area contributed by atoms with Crippen LogP contribution in [-0.2, 0) is 5.60 Å². The second-order valence-electron chi connectivity index (χ2n) is 4.51. The molecular weight excluding hydrogens is 188 g/mol. The van der Waals surface area contributed by atoms with Gasteiger partial charge in [-0.25, -0.2) is 9.97 Å². The lowest BCUT2D eigenvalue weighted by Gasteiger charge is -2.35. The molecule has 3 nitrogen and oxygen atoms in total. The van der Waals surface area contributed by atoms with Crippen molar-refractivity contribution in [2.45, 2.75) is 44.6 Å². The maximum atomic E-state index is 10.5. The van der Waals surface area contributed by atoms with Crippen molar-refractivity contribution in [3.8, 4) is 0 Å². The summed E-state index contributed by atoms with van der Waals surface area (Å²) in [6.45, 7) is 2.22. The van der Waals surface area contributed by atoms with Gasteiger partial charge in [-0.05, 0) is 31.6 Å². The van der Waals surface area contributed by atoms with Crippen molar-refractivity contribution in [2.24, 2.45) is 5.92 Å². The van der Waals surface area contributed by atoms with Gasteiger partial charge in [0.2, 0.25) is 0 Å². The van der Waals surface area contributed by atoms with E-state index in [9.17, 15) is 5.11 Å². The van der Waals surface area contributed by atoms with Crippen LogP contribution < -0.4 is 0 Å². The van der Waals surface area contributed by atoms with E-state index in [1.165, 1.54) is 12.7 Å². The molecule has 2 rings (SSSR count). The Bertz CT molecular complexity index is 305. The van der Waals surface area contributed by atoms with E-state index in [0.29, 0.717) is 0 Å². The van der Waals surface area contributed by atoms with E-state index < -0.39 is 5.60 Å². The fraction of sp³-hybridized carbons (Fsp3) is 0.667. The first-order valence-electron chi connectivity index (χ1n) is 5.72. The molecule has 1 aliphatic carbocycles. The van der Waals surface area contributed by atoms with Gasteiger partial charge in [-0.15, -0.1) is 0 Å². The van der Waals surface area contributed by atoms with Gasteiger partial charge >= 0.3 is 0 Å². The third-order valence-corrected chi connectivity index (χ3v) is 3.61. The molecule has 1 aliphatic rings. The van der Waals surface area contributed by atoms with E-state index in [-0.39, 0.29) is 0 Å². The number of hydrogen-bond donors (Lipinski definition) is 1. The first kappa shape index (κ1) is 10.6. The van der Waals surface area contributed by atoms with Gasteiger partial charge in [0.15, 0.2) is 0 Å². The quantitative estimate of drug-likeness (QED) is 0.807. The van der Waals surface area contributed by atoms with Crippen LogP contribution in [0.5, 0.6) is 0 Å². The summed E-state index contributed by atoms with van der Waals surface area (Å²) in [5.41, 5.74) is 0.201. The normalized spacial score (nSPS) is 31.5. The number of aromatic nitrogens is 2. The lowest BCUT2D eigenvalue weighted by atomic mass is 9.75. The minimum atomic E-state index is -0.674. The molecule has 1 heterocycles. The summed E-state index contributed by atoms with van der Waals surface area (Å²) in [6, 6.07) is 0. The van der Waals surface area contributed by atoms with Crippen molar-refractivity contribution in [1.29, 1.82) is 0 Å². The highest BCUT2D eigenvalue weighted by Crippen LogP contribution is 2.39. The largest absolute Gasteiger partial charge is 0.385 e. The zero-order valence-corrected chi connectivity index (χ0v) is 9.19. The lowest BCUT2D eigenvalue weighted by molar-refractivity contribution is -0.0151. The summed E-state index contributed by atoms with van der Waals surface area (Å²) < 4.78 is 0. The number of aliphatic hydroxyl groups is 1. The summed E-state index contributed by atoms with van der Waals surface area (Å²) in [4.78, 5) is 7.95. The van der Waals surface area contributed by atoms with Crippen LogP contribution >= 0.6 is 0 Å². The lowest BCUT2D eigenvalue weighted by Crippen LogP contribution is -2.31. The number of rotatable bonds is 2.